The maximum absolute atomic E-state index is 12.0. The molecule has 1 rings (SSSR count). The maximum Gasteiger partial charge on any atom is 0.410 e. The van der Waals surface area contributed by atoms with Gasteiger partial charge < -0.3 is 15.4 Å². The molecular formula is C13H26N2O2. The quantitative estimate of drug-likeness (QED) is 0.808. The van der Waals surface area contributed by atoms with Crippen molar-refractivity contribution in [3.63, 3.8) is 0 Å². The molecule has 2 N–H and O–H groups in total. The lowest BCUT2D eigenvalue weighted by atomic mass is 10.00. The van der Waals surface area contributed by atoms with Gasteiger partial charge in [0.05, 0.1) is 0 Å². The van der Waals surface area contributed by atoms with Crippen LogP contribution in [0.1, 0.15) is 46.5 Å². The third kappa shape index (κ3) is 5.39. The van der Waals surface area contributed by atoms with Crippen LogP contribution in [0, 0.1) is 5.92 Å². The number of carbonyl (C=O) groups is 1. The fourth-order valence-electron chi connectivity index (χ4n) is 2.19. The molecule has 1 aliphatic rings. The van der Waals surface area contributed by atoms with Gasteiger partial charge in [-0.1, -0.05) is 6.42 Å². The largest absolute Gasteiger partial charge is 0.444 e. The minimum atomic E-state index is -0.410. The molecule has 0 aromatic carbocycles. The molecule has 0 aromatic heterocycles. The van der Waals surface area contributed by atoms with Gasteiger partial charge in [-0.3, -0.25) is 0 Å². The van der Waals surface area contributed by atoms with E-state index in [4.69, 9.17) is 10.5 Å². The number of nitrogens with two attached hydrogens (primary N) is 1. The van der Waals surface area contributed by atoms with Crippen LogP contribution in [0.3, 0.4) is 0 Å². The van der Waals surface area contributed by atoms with Crippen molar-refractivity contribution in [3.8, 4) is 0 Å². The second-order valence-corrected chi connectivity index (χ2v) is 5.87. The molecule has 0 spiro atoms. The molecule has 1 aliphatic heterocycles. The molecule has 1 heterocycles. The second-order valence-electron chi connectivity index (χ2n) is 5.87. The number of hydrogen-bond donors (Lipinski definition) is 1. The summed E-state index contributed by atoms with van der Waals surface area (Å²) in [5.41, 5.74) is 5.19. The van der Waals surface area contributed by atoms with Gasteiger partial charge in [0, 0.05) is 13.1 Å². The molecule has 1 atom stereocenters. The molecule has 1 amide bonds. The van der Waals surface area contributed by atoms with E-state index in [9.17, 15) is 4.79 Å². The lowest BCUT2D eigenvalue weighted by Gasteiger charge is -2.28. The molecule has 0 radical (unpaired) electrons. The molecule has 17 heavy (non-hydrogen) atoms. The van der Waals surface area contributed by atoms with Gasteiger partial charge in [0.2, 0.25) is 0 Å². The summed E-state index contributed by atoms with van der Waals surface area (Å²) in [6, 6.07) is 0. The Bertz CT molecular complexity index is 248. The Hall–Kier alpha value is -0.770. The Morgan fingerprint density at radius 3 is 2.71 bits per heavy atom. The summed E-state index contributed by atoms with van der Waals surface area (Å²) in [6.45, 7) is 8.02. The van der Waals surface area contributed by atoms with Crippen molar-refractivity contribution in [2.45, 2.75) is 52.1 Å². The number of rotatable bonds is 2. The van der Waals surface area contributed by atoms with Crippen LogP contribution in [-0.2, 0) is 4.74 Å². The fourth-order valence-corrected chi connectivity index (χ4v) is 2.19. The first-order valence-corrected chi connectivity index (χ1v) is 6.60. The lowest BCUT2D eigenvalue weighted by molar-refractivity contribution is 0.0233. The van der Waals surface area contributed by atoms with Crippen LogP contribution in [0.5, 0.6) is 0 Å². The fraction of sp³-hybridized carbons (Fsp3) is 0.923. The first-order valence-electron chi connectivity index (χ1n) is 6.60. The van der Waals surface area contributed by atoms with Crippen LogP contribution in [-0.4, -0.2) is 36.2 Å². The van der Waals surface area contributed by atoms with E-state index in [1.54, 1.807) is 0 Å². The van der Waals surface area contributed by atoms with Crippen molar-refractivity contribution in [2.24, 2.45) is 11.7 Å². The highest BCUT2D eigenvalue weighted by molar-refractivity contribution is 5.68. The smallest absolute Gasteiger partial charge is 0.410 e. The van der Waals surface area contributed by atoms with Crippen LogP contribution in [0.15, 0.2) is 0 Å². The first-order chi connectivity index (χ1) is 7.92. The van der Waals surface area contributed by atoms with Gasteiger partial charge in [0.25, 0.3) is 0 Å². The first kappa shape index (κ1) is 14.3. The van der Waals surface area contributed by atoms with E-state index in [2.05, 4.69) is 0 Å². The second kappa shape index (κ2) is 6.24. The minimum absolute atomic E-state index is 0.179. The molecule has 1 saturated heterocycles. The molecule has 0 unspecified atom stereocenters. The Balaban J connectivity index is 2.53. The number of carbonyl (C=O) groups excluding carboxylic acids is 1. The zero-order valence-electron chi connectivity index (χ0n) is 11.4. The van der Waals surface area contributed by atoms with Gasteiger partial charge in [0.15, 0.2) is 0 Å². The Morgan fingerprint density at radius 2 is 2.12 bits per heavy atom. The van der Waals surface area contributed by atoms with E-state index < -0.39 is 5.60 Å². The number of nitrogens with zero attached hydrogens (tertiary/aromatic N) is 1. The third-order valence-corrected chi connectivity index (χ3v) is 3.00. The van der Waals surface area contributed by atoms with E-state index in [1.807, 2.05) is 25.7 Å². The summed E-state index contributed by atoms with van der Waals surface area (Å²) in [5, 5.41) is 0. The van der Waals surface area contributed by atoms with Crippen molar-refractivity contribution in [1.29, 1.82) is 0 Å². The van der Waals surface area contributed by atoms with Crippen molar-refractivity contribution in [2.75, 3.05) is 19.6 Å². The molecule has 4 heteroatoms. The molecule has 4 nitrogen and oxygen atoms in total. The summed E-state index contributed by atoms with van der Waals surface area (Å²) in [7, 11) is 0. The van der Waals surface area contributed by atoms with Gasteiger partial charge in [0.1, 0.15) is 5.60 Å². The molecule has 1 fully saturated rings. The predicted molar refractivity (Wildman–Crippen MR) is 68.8 cm³/mol. The van der Waals surface area contributed by atoms with Gasteiger partial charge in [-0.2, -0.15) is 0 Å². The molecule has 0 saturated carbocycles. The number of amides is 1. The van der Waals surface area contributed by atoms with Crippen LogP contribution >= 0.6 is 0 Å². The Labute approximate surface area is 104 Å². The van der Waals surface area contributed by atoms with Crippen LogP contribution in [0.2, 0.25) is 0 Å². The predicted octanol–water partition coefficient (Wildman–Crippen LogP) is 2.37. The SMILES string of the molecule is CC(C)(C)OC(=O)N1CCCC[C@@H](CCN)C1. The van der Waals surface area contributed by atoms with E-state index in [0.29, 0.717) is 12.5 Å². The van der Waals surface area contributed by atoms with Crippen molar-refractivity contribution >= 4 is 6.09 Å². The standard InChI is InChI=1S/C13H26N2O2/c1-13(2,3)17-12(16)15-9-5-4-6-11(10-15)7-8-14/h11H,4-10,14H2,1-3H3/t11-/m0/s1. The van der Waals surface area contributed by atoms with Crippen molar-refractivity contribution in [1.82, 2.24) is 4.90 Å². The lowest BCUT2D eigenvalue weighted by Crippen LogP contribution is -2.39. The van der Waals surface area contributed by atoms with E-state index in [0.717, 1.165) is 25.9 Å². The molecule has 0 aromatic rings. The van der Waals surface area contributed by atoms with Gasteiger partial charge in [-0.25, -0.2) is 4.79 Å². The van der Waals surface area contributed by atoms with Crippen LogP contribution < -0.4 is 5.73 Å². The summed E-state index contributed by atoms with van der Waals surface area (Å²) in [5.74, 6) is 0.537. The Kier molecular flexibility index (Phi) is 5.25. The number of ether oxygens (including phenoxy) is 1. The van der Waals surface area contributed by atoms with Crippen molar-refractivity contribution in [3.05, 3.63) is 0 Å². The van der Waals surface area contributed by atoms with E-state index >= 15 is 0 Å². The monoisotopic (exact) mass is 242 g/mol. The highest BCUT2D eigenvalue weighted by atomic mass is 16.6. The number of likely N-dealkylation sites (tertiary alicyclic amines) is 1. The summed E-state index contributed by atoms with van der Waals surface area (Å²) >= 11 is 0. The zero-order chi connectivity index (χ0) is 12.9. The van der Waals surface area contributed by atoms with Crippen molar-refractivity contribution < 1.29 is 9.53 Å². The van der Waals surface area contributed by atoms with Crippen LogP contribution in [0.4, 0.5) is 4.79 Å². The van der Waals surface area contributed by atoms with E-state index in [1.165, 1.54) is 12.8 Å². The van der Waals surface area contributed by atoms with Gasteiger partial charge in [-0.05, 0) is 52.5 Å². The molecule has 100 valence electrons. The third-order valence-electron chi connectivity index (χ3n) is 3.00. The highest BCUT2D eigenvalue weighted by Crippen LogP contribution is 2.20. The molecule has 0 aliphatic carbocycles. The highest BCUT2D eigenvalue weighted by Gasteiger charge is 2.25. The van der Waals surface area contributed by atoms with Gasteiger partial charge in [-0.15, -0.1) is 0 Å². The molecule has 0 bridgehead atoms. The summed E-state index contributed by atoms with van der Waals surface area (Å²) < 4.78 is 5.41. The zero-order valence-corrected chi connectivity index (χ0v) is 11.4. The van der Waals surface area contributed by atoms with E-state index in [-0.39, 0.29) is 6.09 Å². The topological polar surface area (TPSA) is 55.6 Å². The normalized spacial score (nSPS) is 22.1. The summed E-state index contributed by atoms with van der Waals surface area (Å²) in [4.78, 5) is 13.8. The van der Waals surface area contributed by atoms with Crippen LogP contribution in [0.25, 0.3) is 0 Å². The number of hydrogen-bond acceptors (Lipinski definition) is 3. The summed E-state index contributed by atoms with van der Waals surface area (Å²) in [6.07, 6.45) is 4.25. The Morgan fingerprint density at radius 1 is 1.41 bits per heavy atom. The average Bonchev–Trinajstić information content (AvgIpc) is 2.41. The molecular weight excluding hydrogens is 216 g/mol. The maximum atomic E-state index is 12.0. The average molecular weight is 242 g/mol. The minimum Gasteiger partial charge on any atom is -0.444 e. The van der Waals surface area contributed by atoms with Gasteiger partial charge >= 0.3 is 6.09 Å².